The zero-order chi connectivity index (χ0) is 16.8. The third kappa shape index (κ3) is 4.14. The van der Waals surface area contributed by atoms with Gasteiger partial charge in [0.1, 0.15) is 23.9 Å². The van der Waals surface area contributed by atoms with E-state index < -0.39 is 11.5 Å². The van der Waals surface area contributed by atoms with Crippen LogP contribution in [0, 0.1) is 12.7 Å². The summed E-state index contributed by atoms with van der Waals surface area (Å²) in [5, 5.41) is 7.40. The highest BCUT2D eigenvalue weighted by molar-refractivity contribution is 5.48. The number of benzene rings is 1. The van der Waals surface area contributed by atoms with Gasteiger partial charge in [0.05, 0.1) is 19.8 Å². The maximum absolute atomic E-state index is 13.8. The SMILES string of the molecule is COCCOCCOc1cc(F)c(C)cc1-n1nnn(C)c1=O. The Balaban J connectivity index is 2.16. The molecule has 2 aromatic rings. The number of ether oxygens (including phenoxy) is 3. The highest BCUT2D eigenvalue weighted by Crippen LogP contribution is 2.25. The lowest BCUT2D eigenvalue weighted by molar-refractivity contribution is 0.0543. The normalized spacial score (nSPS) is 11.0. The summed E-state index contributed by atoms with van der Waals surface area (Å²) in [6.45, 7) is 3.04. The molecule has 1 heterocycles. The number of halogens is 1. The number of hydrogen-bond donors (Lipinski definition) is 0. The van der Waals surface area contributed by atoms with E-state index >= 15 is 0 Å². The highest BCUT2D eigenvalue weighted by atomic mass is 19.1. The van der Waals surface area contributed by atoms with Crippen LogP contribution in [-0.2, 0) is 16.5 Å². The van der Waals surface area contributed by atoms with E-state index in [0.29, 0.717) is 31.1 Å². The van der Waals surface area contributed by atoms with Gasteiger partial charge in [-0.3, -0.25) is 0 Å². The lowest BCUT2D eigenvalue weighted by Gasteiger charge is -2.12. The first kappa shape index (κ1) is 17.1. The van der Waals surface area contributed by atoms with Crippen LogP contribution in [-0.4, -0.2) is 53.3 Å². The molecule has 8 nitrogen and oxygen atoms in total. The molecule has 0 saturated heterocycles. The standard InChI is InChI=1S/C14H19FN4O4/c1-10-8-12(19-14(20)18(2)16-17-19)13(9-11(10)15)23-7-6-22-5-4-21-3/h8-9H,4-7H2,1-3H3. The van der Waals surface area contributed by atoms with Gasteiger partial charge in [0, 0.05) is 20.2 Å². The van der Waals surface area contributed by atoms with Crippen LogP contribution < -0.4 is 10.4 Å². The Morgan fingerprint density at radius 3 is 2.57 bits per heavy atom. The molecule has 0 aliphatic heterocycles. The Morgan fingerprint density at radius 1 is 1.17 bits per heavy atom. The molecule has 1 aromatic carbocycles. The van der Waals surface area contributed by atoms with E-state index in [-0.39, 0.29) is 12.4 Å². The lowest BCUT2D eigenvalue weighted by Crippen LogP contribution is -2.23. The molecular weight excluding hydrogens is 307 g/mol. The predicted molar refractivity (Wildman–Crippen MR) is 79.5 cm³/mol. The summed E-state index contributed by atoms with van der Waals surface area (Å²) < 4.78 is 31.6. The number of hydrogen-bond acceptors (Lipinski definition) is 6. The van der Waals surface area contributed by atoms with E-state index in [9.17, 15) is 9.18 Å². The van der Waals surface area contributed by atoms with Gasteiger partial charge in [0.15, 0.2) is 0 Å². The molecule has 126 valence electrons. The van der Waals surface area contributed by atoms with Crippen molar-refractivity contribution < 1.29 is 18.6 Å². The first-order valence-corrected chi connectivity index (χ1v) is 7.03. The molecule has 0 atom stereocenters. The molecule has 0 aliphatic carbocycles. The summed E-state index contributed by atoms with van der Waals surface area (Å²) in [6, 6.07) is 2.72. The Morgan fingerprint density at radius 2 is 1.91 bits per heavy atom. The number of aryl methyl sites for hydroxylation is 2. The van der Waals surface area contributed by atoms with Crippen molar-refractivity contribution in [2.45, 2.75) is 6.92 Å². The number of nitrogens with zero attached hydrogens (tertiary/aromatic N) is 4. The molecule has 2 rings (SSSR count). The topological polar surface area (TPSA) is 80.4 Å². The van der Waals surface area contributed by atoms with Crippen molar-refractivity contribution in [2.75, 3.05) is 33.5 Å². The smallest absolute Gasteiger partial charge is 0.368 e. The molecule has 0 N–H and O–H groups in total. The van der Waals surface area contributed by atoms with Crippen LogP contribution in [0.2, 0.25) is 0 Å². The van der Waals surface area contributed by atoms with Crippen molar-refractivity contribution in [1.29, 1.82) is 0 Å². The van der Waals surface area contributed by atoms with E-state index in [4.69, 9.17) is 14.2 Å². The Kier molecular flexibility index (Phi) is 5.83. The zero-order valence-corrected chi connectivity index (χ0v) is 13.3. The largest absolute Gasteiger partial charge is 0.489 e. The third-order valence-electron chi connectivity index (χ3n) is 3.11. The van der Waals surface area contributed by atoms with Crippen molar-refractivity contribution >= 4 is 0 Å². The van der Waals surface area contributed by atoms with Crippen LogP contribution in [0.5, 0.6) is 5.75 Å². The molecule has 0 bridgehead atoms. The lowest BCUT2D eigenvalue weighted by atomic mass is 10.2. The fraction of sp³-hybridized carbons (Fsp3) is 0.500. The summed E-state index contributed by atoms with van der Waals surface area (Å²) in [5.41, 5.74) is 0.261. The maximum Gasteiger partial charge on any atom is 0.368 e. The second-order valence-electron chi connectivity index (χ2n) is 4.82. The number of aromatic nitrogens is 4. The Bertz CT molecular complexity index is 713. The first-order valence-electron chi connectivity index (χ1n) is 7.03. The van der Waals surface area contributed by atoms with Crippen molar-refractivity contribution in [3.8, 4) is 11.4 Å². The fourth-order valence-corrected chi connectivity index (χ4v) is 1.85. The van der Waals surface area contributed by atoms with Crippen LogP contribution in [0.25, 0.3) is 5.69 Å². The van der Waals surface area contributed by atoms with Gasteiger partial charge in [-0.25, -0.2) is 9.18 Å². The van der Waals surface area contributed by atoms with Gasteiger partial charge < -0.3 is 14.2 Å². The van der Waals surface area contributed by atoms with Gasteiger partial charge in [-0.15, -0.1) is 0 Å². The molecule has 0 unspecified atom stereocenters. The molecule has 9 heteroatoms. The zero-order valence-electron chi connectivity index (χ0n) is 13.3. The minimum absolute atomic E-state index is 0.200. The number of tetrazole rings is 1. The third-order valence-corrected chi connectivity index (χ3v) is 3.11. The van der Waals surface area contributed by atoms with Gasteiger partial charge in [-0.05, 0) is 29.0 Å². The summed E-state index contributed by atoms with van der Waals surface area (Å²) in [7, 11) is 3.06. The Labute approximate surface area is 132 Å². The second kappa shape index (κ2) is 7.84. The van der Waals surface area contributed by atoms with Crippen molar-refractivity contribution in [3.05, 3.63) is 34.0 Å². The number of rotatable bonds is 8. The van der Waals surface area contributed by atoms with Crippen LogP contribution >= 0.6 is 0 Å². The van der Waals surface area contributed by atoms with Crippen molar-refractivity contribution in [2.24, 2.45) is 7.05 Å². The van der Waals surface area contributed by atoms with Gasteiger partial charge >= 0.3 is 5.69 Å². The Hall–Kier alpha value is -2.26. The molecule has 0 saturated carbocycles. The van der Waals surface area contributed by atoms with Crippen LogP contribution in [0.3, 0.4) is 0 Å². The minimum Gasteiger partial charge on any atom is -0.489 e. The summed E-state index contributed by atoms with van der Waals surface area (Å²) >= 11 is 0. The highest BCUT2D eigenvalue weighted by Gasteiger charge is 2.15. The average Bonchev–Trinajstić information content (AvgIpc) is 2.86. The second-order valence-corrected chi connectivity index (χ2v) is 4.82. The molecule has 0 fully saturated rings. The molecule has 0 amide bonds. The minimum atomic E-state index is -0.447. The van der Waals surface area contributed by atoms with Crippen LogP contribution in [0.15, 0.2) is 16.9 Å². The molecule has 0 radical (unpaired) electrons. The molecule has 1 aromatic heterocycles. The summed E-state index contributed by atoms with van der Waals surface area (Å²) in [5.74, 6) is -0.230. The quantitative estimate of drug-likeness (QED) is 0.656. The van der Waals surface area contributed by atoms with Gasteiger partial charge in [-0.1, -0.05) is 0 Å². The summed E-state index contributed by atoms with van der Waals surface area (Å²) in [6.07, 6.45) is 0. The molecular formula is C14H19FN4O4. The molecule has 0 aliphatic rings. The number of methoxy groups -OCH3 is 1. The van der Waals surface area contributed by atoms with E-state index in [1.54, 1.807) is 14.0 Å². The predicted octanol–water partition coefficient (Wildman–Crippen LogP) is 0.455. The van der Waals surface area contributed by atoms with Crippen LogP contribution in [0.4, 0.5) is 4.39 Å². The van der Waals surface area contributed by atoms with Gasteiger partial charge in [0.25, 0.3) is 0 Å². The summed E-state index contributed by atoms with van der Waals surface area (Å²) in [4.78, 5) is 12.0. The van der Waals surface area contributed by atoms with Crippen molar-refractivity contribution in [1.82, 2.24) is 19.8 Å². The van der Waals surface area contributed by atoms with Gasteiger partial charge in [0.2, 0.25) is 0 Å². The molecule has 23 heavy (non-hydrogen) atoms. The average molecular weight is 326 g/mol. The van der Waals surface area contributed by atoms with E-state index in [1.165, 1.54) is 19.2 Å². The van der Waals surface area contributed by atoms with Gasteiger partial charge in [-0.2, -0.15) is 9.36 Å². The van der Waals surface area contributed by atoms with E-state index in [2.05, 4.69) is 10.4 Å². The maximum atomic E-state index is 13.8. The van der Waals surface area contributed by atoms with E-state index in [1.807, 2.05) is 0 Å². The van der Waals surface area contributed by atoms with Crippen molar-refractivity contribution in [3.63, 3.8) is 0 Å². The first-order chi connectivity index (χ1) is 11.0. The van der Waals surface area contributed by atoms with Crippen LogP contribution in [0.1, 0.15) is 5.56 Å². The monoisotopic (exact) mass is 326 g/mol. The fourth-order valence-electron chi connectivity index (χ4n) is 1.85. The molecule has 0 spiro atoms. The van der Waals surface area contributed by atoms with E-state index in [0.717, 1.165) is 9.36 Å².